The Morgan fingerprint density at radius 3 is 2.33 bits per heavy atom. The van der Waals surface area contributed by atoms with Gasteiger partial charge < -0.3 is 0 Å². The molecule has 0 spiro atoms. The standard InChI is InChI=1S/C14H11Cl2NO3S/c1-9-4-2-3-5-13(9)21(19,20)17-14(18)10-6-7-11(15)12(16)8-10/h2-8H,1H3,(H,17,18). The van der Waals surface area contributed by atoms with Gasteiger partial charge in [0.2, 0.25) is 0 Å². The van der Waals surface area contributed by atoms with E-state index in [4.69, 9.17) is 23.2 Å². The Bertz CT molecular complexity index is 804. The molecule has 1 N–H and O–H groups in total. The fourth-order valence-electron chi connectivity index (χ4n) is 1.73. The molecule has 0 aromatic heterocycles. The van der Waals surface area contributed by atoms with Crippen molar-refractivity contribution in [2.75, 3.05) is 0 Å². The third-order valence-electron chi connectivity index (χ3n) is 2.79. The zero-order chi connectivity index (χ0) is 15.6. The van der Waals surface area contributed by atoms with Crippen LogP contribution in [0.3, 0.4) is 0 Å². The van der Waals surface area contributed by atoms with Gasteiger partial charge in [0.05, 0.1) is 14.9 Å². The first-order chi connectivity index (χ1) is 9.81. The quantitative estimate of drug-likeness (QED) is 0.928. The first kappa shape index (κ1) is 15.8. The van der Waals surface area contributed by atoms with Gasteiger partial charge in [-0.1, -0.05) is 41.4 Å². The summed E-state index contributed by atoms with van der Waals surface area (Å²) in [5, 5.41) is 0.465. The number of sulfonamides is 1. The van der Waals surface area contributed by atoms with E-state index in [9.17, 15) is 13.2 Å². The van der Waals surface area contributed by atoms with Crippen LogP contribution < -0.4 is 4.72 Å². The van der Waals surface area contributed by atoms with E-state index in [0.717, 1.165) is 0 Å². The maximum absolute atomic E-state index is 12.2. The minimum Gasteiger partial charge on any atom is -0.268 e. The monoisotopic (exact) mass is 343 g/mol. The lowest BCUT2D eigenvalue weighted by molar-refractivity contribution is 0.0981. The fourth-order valence-corrected chi connectivity index (χ4v) is 3.25. The molecule has 2 aromatic rings. The third kappa shape index (κ3) is 3.56. The summed E-state index contributed by atoms with van der Waals surface area (Å²) in [5.41, 5.74) is 0.661. The van der Waals surface area contributed by atoms with Crippen molar-refractivity contribution in [3.05, 3.63) is 63.6 Å². The van der Waals surface area contributed by atoms with E-state index in [0.29, 0.717) is 5.56 Å². The first-order valence-corrected chi connectivity index (χ1v) is 8.13. The molecule has 0 radical (unpaired) electrons. The number of benzene rings is 2. The molecule has 0 aliphatic carbocycles. The highest BCUT2D eigenvalue weighted by atomic mass is 35.5. The number of hydrogen-bond donors (Lipinski definition) is 1. The summed E-state index contributed by atoms with van der Waals surface area (Å²) in [6.07, 6.45) is 0. The van der Waals surface area contributed by atoms with Gasteiger partial charge in [0, 0.05) is 5.56 Å². The molecular formula is C14H11Cl2NO3S. The van der Waals surface area contributed by atoms with Gasteiger partial charge in [0.25, 0.3) is 15.9 Å². The summed E-state index contributed by atoms with van der Waals surface area (Å²) >= 11 is 11.6. The topological polar surface area (TPSA) is 63.2 Å². The number of amides is 1. The Morgan fingerprint density at radius 1 is 1.05 bits per heavy atom. The van der Waals surface area contributed by atoms with Crippen LogP contribution in [-0.4, -0.2) is 14.3 Å². The normalized spacial score (nSPS) is 11.2. The van der Waals surface area contributed by atoms with Crippen molar-refractivity contribution < 1.29 is 13.2 Å². The van der Waals surface area contributed by atoms with E-state index in [1.165, 1.54) is 24.3 Å². The lowest BCUT2D eigenvalue weighted by atomic mass is 10.2. The Kier molecular flexibility index (Phi) is 4.56. The van der Waals surface area contributed by atoms with Gasteiger partial charge in [-0.05, 0) is 36.8 Å². The zero-order valence-corrected chi connectivity index (χ0v) is 13.3. The molecule has 7 heteroatoms. The highest BCUT2D eigenvalue weighted by Crippen LogP contribution is 2.23. The lowest BCUT2D eigenvalue weighted by Gasteiger charge is -2.09. The summed E-state index contributed by atoms with van der Waals surface area (Å²) in [6, 6.07) is 10.5. The minimum atomic E-state index is -3.94. The van der Waals surface area contributed by atoms with Crippen LogP contribution in [0.5, 0.6) is 0 Å². The van der Waals surface area contributed by atoms with Crippen LogP contribution in [0.1, 0.15) is 15.9 Å². The molecule has 21 heavy (non-hydrogen) atoms. The molecule has 2 aromatic carbocycles. The van der Waals surface area contributed by atoms with E-state index in [-0.39, 0.29) is 20.5 Å². The Balaban J connectivity index is 2.30. The molecule has 0 aliphatic heterocycles. The summed E-state index contributed by atoms with van der Waals surface area (Å²) in [4.78, 5) is 12.1. The van der Waals surface area contributed by atoms with E-state index in [1.807, 2.05) is 4.72 Å². The van der Waals surface area contributed by atoms with Gasteiger partial charge in [-0.25, -0.2) is 13.1 Å². The second-order valence-corrected chi connectivity index (χ2v) is 6.79. The van der Waals surface area contributed by atoms with Crippen LogP contribution in [0.4, 0.5) is 0 Å². The minimum absolute atomic E-state index is 0.0541. The summed E-state index contributed by atoms with van der Waals surface area (Å²) in [6.45, 7) is 1.65. The lowest BCUT2D eigenvalue weighted by Crippen LogP contribution is -2.31. The summed E-state index contributed by atoms with van der Waals surface area (Å²) < 4.78 is 26.4. The molecule has 110 valence electrons. The number of rotatable bonds is 3. The maximum Gasteiger partial charge on any atom is 0.265 e. The van der Waals surface area contributed by atoms with Gasteiger partial charge in [-0.3, -0.25) is 4.79 Å². The molecule has 0 unspecified atom stereocenters. The van der Waals surface area contributed by atoms with Crippen molar-refractivity contribution in [1.82, 2.24) is 4.72 Å². The van der Waals surface area contributed by atoms with Gasteiger partial charge in [-0.2, -0.15) is 0 Å². The van der Waals surface area contributed by atoms with Crippen molar-refractivity contribution >= 4 is 39.1 Å². The van der Waals surface area contributed by atoms with Gasteiger partial charge in [0.1, 0.15) is 0 Å². The van der Waals surface area contributed by atoms with Crippen LogP contribution in [0.25, 0.3) is 0 Å². The Hall–Kier alpha value is -1.56. The largest absolute Gasteiger partial charge is 0.268 e. The SMILES string of the molecule is Cc1ccccc1S(=O)(=O)NC(=O)c1ccc(Cl)c(Cl)c1. The number of hydrogen-bond acceptors (Lipinski definition) is 3. The van der Waals surface area contributed by atoms with Crippen molar-refractivity contribution in [3.63, 3.8) is 0 Å². The van der Waals surface area contributed by atoms with Crippen LogP contribution in [0.15, 0.2) is 47.4 Å². The number of aryl methyl sites for hydroxylation is 1. The number of carbonyl (C=O) groups excluding carboxylic acids is 1. The molecule has 0 saturated carbocycles. The van der Waals surface area contributed by atoms with E-state index >= 15 is 0 Å². The van der Waals surface area contributed by atoms with Crippen molar-refractivity contribution in [1.29, 1.82) is 0 Å². The molecule has 1 amide bonds. The Morgan fingerprint density at radius 2 is 1.71 bits per heavy atom. The molecule has 0 heterocycles. The number of halogens is 2. The first-order valence-electron chi connectivity index (χ1n) is 5.89. The van der Waals surface area contributed by atoms with Crippen molar-refractivity contribution in [3.8, 4) is 0 Å². The highest BCUT2D eigenvalue weighted by molar-refractivity contribution is 7.90. The molecule has 2 rings (SSSR count). The molecular weight excluding hydrogens is 333 g/mol. The van der Waals surface area contributed by atoms with Crippen molar-refractivity contribution in [2.45, 2.75) is 11.8 Å². The van der Waals surface area contributed by atoms with Crippen LogP contribution in [0.2, 0.25) is 10.0 Å². The van der Waals surface area contributed by atoms with Gasteiger partial charge in [0.15, 0.2) is 0 Å². The highest BCUT2D eigenvalue weighted by Gasteiger charge is 2.20. The predicted octanol–water partition coefficient (Wildman–Crippen LogP) is 3.42. The smallest absolute Gasteiger partial charge is 0.265 e. The second kappa shape index (κ2) is 6.05. The number of nitrogens with one attached hydrogen (secondary N) is 1. The summed E-state index contributed by atoms with van der Waals surface area (Å²) in [5.74, 6) is -0.767. The average Bonchev–Trinajstić information content (AvgIpc) is 2.41. The fraction of sp³-hybridized carbons (Fsp3) is 0.0714. The molecule has 0 fully saturated rings. The molecule has 4 nitrogen and oxygen atoms in total. The third-order valence-corrected chi connectivity index (χ3v) is 5.02. The second-order valence-electron chi connectivity index (χ2n) is 4.33. The van der Waals surface area contributed by atoms with Crippen LogP contribution in [-0.2, 0) is 10.0 Å². The van der Waals surface area contributed by atoms with Gasteiger partial charge >= 0.3 is 0 Å². The van der Waals surface area contributed by atoms with Crippen LogP contribution in [0, 0.1) is 6.92 Å². The zero-order valence-electron chi connectivity index (χ0n) is 10.9. The molecule has 0 atom stereocenters. The van der Waals surface area contributed by atoms with E-state index in [2.05, 4.69) is 0 Å². The van der Waals surface area contributed by atoms with E-state index < -0.39 is 15.9 Å². The van der Waals surface area contributed by atoms with Gasteiger partial charge in [-0.15, -0.1) is 0 Å². The van der Waals surface area contributed by atoms with Crippen molar-refractivity contribution in [2.24, 2.45) is 0 Å². The van der Waals surface area contributed by atoms with Crippen LogP contribution >= 0.6 is 23.2 Å². The molecule has 0 aliphatic rings. The predicted molar refractivity (Wildman–Crippen MR) is 82.3 cm³/mol. The molecule has 0 saturated heterocycles. The Labute approximate surface area is 132 Å². The summed E-state index contributed by atoms with van der Waals surface area (Å²) in [7, 11) is -3.94. The maximum atomic E-state index is 12.2. The molecule has 0 bridgehead atoms. The number of carbonyl (C=O) groups is 1. The average molecular weight is 344 g/mol. The van der Waals surface area contributed by atoms with E-state index in [1.54, 1.807) is 25.1 Å².